The van der Waals surface area contributed by atoms with Crippen LogP contribution in [-0.2, 0) is 0 Å². The van der Waals surface area contributed by atoms with Crippen LogP contribution in [0.3, 0.4) is 0 Å². The number of rotatable bonds is 22. The Morgan fingerprint density at radius 2 is 0.704 bits per heavy atom. The molecule has 0 bridgehead atoms. The summed E-state index contributed by atoms with van der Waals surface area (Å²) in [4.78, 5) is 0. The summed E-state index contributed by atoms with van der Waals surface area (Å²) in [5.74, 6) is 6.21. The van der Waals surface area contributed by atoms with Crippen molar-refractivity contribution in [3.05, 3.63) is 0 Å². The molecule has 0 unspecified atom stereocenters. The van der Waals surface area contributed by atoms with Crippen molar-refractivity contribution in [1.82, 2.24) is 5.20 Å². The summed E-state index contributed by atoms with van der Waals surface area (Å²) in [5.41, 5.74) is 0. The molecule has 0 fully saturated rings. The van der Waals surface area contributed by atoms with Gasteiger partial charge in [-0.2, -0.15) is 0 Å². The Morgan fingerprint density at radius 3 is 0.963 bits per heavy atom. The van der Waals surface area contributed by atoms with Crippen molar-refractivity contribution < 1.29 is 0 Å². The van der Waals surface area contributed by atoms with Crippen LogP contribution in [0.5, 0.6) is 0 Å². The summed E-state index contributed by atoms with van der Waals surface area (Å²) in [7, 11) is -1.45. The number of hydrogen-bond donors (Lipinski definition) is 2. The first-order valence-electron chi connectivity index (χ1n) is 12.7. The molecule has 0 aliphatic carbocycles. The average molecular weight is 403 g/mol. The maximum absolute atomic E-state index is 6.21. The second kappa shape index (κ2) is 21.1. The molecule has 0 rings (SSSR count). The Balaban J connectivity index is 4.23. The van der Waals surface area contributed by atoms with Gasteiger partial charge in [-0.25, -0.2) is 0 Å². The van der Waals surface area contributed by atoms with Crippen molar-refractivity contribution in [1.29, 1.82) is 0 Å². The van der Waals surface area contributed by atoms with Crippen molar-refractivity contribution >= 4 is 7.41 Å². The van der Waals surface area contributed by atoms with Crippen LogP contribution >= 0.6 is 7.41 Å². The van der Waals surface area contributed by atoms with Gasteiger partial charge in [-0.1, -0.05) is 0 Å². The van der Waals surface area contributed by atoms with E-state index in [2.05, 4.69) is 26.0 Å². The van der Waals surface area contributed by atoms with Crippen LogP contribution in [0.15, 0.2) is 0 Å². The van der Waals surface area contributed by atoms with E-state index < -0.39 is 7.41 Å². The van der Waals surface area contributed by atoms with Crippen molar-refractivity contribution in [3.63, 3.8) is 0 Å². The molecule has 0 radical (unpaired) electrons. The van der Waals surface area contributed by atoms with Gasteiger partial charge in [0.25, 0.3) is 0 Å². The molecule has 0 aliphatic heterocycles. The second-order valence-corrected chi connectivity index (χ2v) is 13.3. The zero-order chi connectivity index (χ0) is 20.1. The Hall–Kier alpha value is 0.350. The van der Waals surface area contributed by atoms with E-state index in [1.54, 1.807) is 0 Å². The van der Waals surface area contributed by atoms with Gasteiger partial charge in [-0.05, 0) is 0 Å². The fraction of sp³-hybridized carbons (Fsp3) is 1.00. The fourth-order valence-corrected chi connectivity index (χ4v) is 8.29. The zero-order valence-electron chi connectivity index (χ0n) is 19.4. The van der Waals surface area contributed by atoms with Crippen molar-refractivity contribution in [2.45, 2.75) is 136 Å². The number of unbranched alkanes of at least 4 members (excludes halogenated alkanes) is 15. The standard InChI is InChI=1S/C24H55N2P/c1-4-7-10-13-16-19-22-27(26-25,23-20-17-14-11-8-5-2)24-21-18-15-12-9-6-3/h26-27H,4-25H2,1-3H3. The Kier molecular flexibility index (Phi) is 21.3. The minimum atomic E-state index is -1.45. The molecule has 3 heteroatoms. The van der Waals surface area contributed by atoms with Gasteiger partial charge >= 0.3 is 173 Å². The Bertz CT molecular complexity index is 243. The first kappa shape index (κ1) is 27.4. The summed E-state index contributed by atoms with van der Waals surface area (Å²) in [6.07, 6.45) is 29.6. The predicted octanol–water partition coefficient (Wildman–Crippen LogP) is 8.20. The van der Waals surface area contributed by atoms with E-state index in [0.717, 1.165) is 0 Å². The first-order valence-corrected chi connectivity index (χ1v) is 15.3. The molecular formula is C24H55N2P. The van der Waals surface area contributed by atoms with E-state index in [-0.39, 0.29) is 0 Å². The van der Waals surface area contributed by atoms with Gasteiger partial charge in [0.2, 0.25) is 0 Å². The van der Waals surface area contributed by atoms with Gasteiger partial charge in [0.15, 0.2) is 0 Å². The normalized spacial score (nSPS) is 12.6. The summed E-state index contributed by atoms with van der Waals surface area (Å²) >= 11 is 0. The van der Waals surface area contributed by atoms with Gasteiger partial charge in [0, 0.05) is 0 Å². The van der Waals surface area contributed by atoms with Crippen LogP contribution in [-0.4, -0.2) is 18.5 Å². The third-order valence-corrected chi connectivity index (χ3v) is 10.9. The maximum atomic E-state index is 6.21. The molecular weight excluding hydrogens is 347 g/mol. The van der Waals surface area contributed by atoms with Crippen LogP contribution in [0.2, 0.25) is 0 Å². The number of nitrogens with one attached hydrogen (secondary N) is 1. The molecule has 3 N–H and O–H groups in total. The van der Waals surface area contributed by atoms with Gasteiger partial charge in [0.1, 0.15) is 0 Å². The second-order valence-electron chi connectivity index (χ2n) is 8.98. The number of hydrazine groups is 1. The van der Waals surface area contributed by atoms with Crippen LogP contribution in [0.25, 0.3) is 0 Å². The topological polar surface area (TPSA) is 38.0 Å². The molecule has 0 aromatic rings. The van der Waals surface area contributed by atoms with Crippen LogP contribution in [0, 0.1) is 0 Å². The molecule has 2 nitrogen and oxygen atoms in total. The van der Waals surface area contributed by atoms with E-state index in [0.29, 0.717) is 0 Å². The fourth-order valence-electron chi connectivity index (χ4n) is 4.32. The molecule has 0 saturated carbocycles. The molecule has 0 spiro atoms. The quantitative estimate of drug-likeness (QED) is 0.0828. The van der Waals surface area contributed by atoms with Crippen molar-refractivity contribution in [3.8, 4) is 0 Å². The molecule has 0 heterocycles. The first-order chi connectivity index (χ1) is 13.2. The summed E-state index contributed by atoms with van der Waals surface area (Å²) < 4.78 is 0. The summed E-state index contributed by atoms with van der Waals surface area (Å²) in [5, 5.41) is 3.46. The van der Waals surface area contributed by atoms with Gasteiger partial charge in [-0.3, -0.25) is 0 Å². The molecule has 0 aliphatic rings. The molecule has 27 heavy (non-hydrogen) atoms. The van der Waals surface area contributed by atoms with Crippen molar-refractivity contribution in [2.24, 2.45) is 5.84 Å². The van der Waals surface area contributed by atoms with E-state index in [1.807, 2.05) is 0 Å². The van der Waals surface area contributed by atoms with Crippen LogP contribution in [0.4, 0.5) is 0 Å². The molecule has 0 aromatic heterocycles. The van der Waals surface area contributed by atoms with Gasteiger partial charge in [0.05, 0.1) is 0 Å². The SMILES string of the molecule is CCCCCCCC[PH](CCCCCCCC)(CCCCCCCC)NN. The molecule has 166 valence electrons. The average Bonchev–Trinajstić information content (AvgIpc) is 2.69. The van der Waals surface area contributed by atoms with Crippen LogP contribution in [0.1, 0.15) is 136 Å². The van der Waals surface area contributed by atoms with Gasteiger partial charge in [-0.15, -0.1) is 0 Å². The Morgan fingerprint density at radius 1 is 0.444 bits per heavy atom. The van der Waals surface area contributed by atoms with Crippen LogP contribution < -0.4 is 11.0 Å². The molecule has 0 amide bonds. The zero-order valence-corrected chi connectivity index (χ0v) is 20.4. The predicted molar refractivity (Wildman–Crippen MR) is 130 cm³/mol. The summed E-state index contributed by atoms with van der Waals surface area (Å²) in [6, 6.07) is 0. The molecule has 0 atom stereocenters. The Labute approximate surface area is 173 Å². The summed E-state index contributed by atoms with van der Waals surface area (Å²) in [6.45, 7) is 6.91. The minimum absolute atomic E-state index is 1.35. The number of nitrogens with two attached hydrogens (primary N) is 1. The van der Waals surface area contributed by atoms with E-state index in [1.165, 1.54) is 134 Å². The van der Waals surface area contributed by atoms with Crippen molar-refractivity contribution in [2.75, 3.05) is 18.5 Å². The molecule has 0 aromatic carbocycles. The molecule has 0 saturated heterocycles. The van der Waals surface area contributed by atoms with E-state index in [9.17, 15) is 0 Å². The third kappa shape index (κ3) is 17.0. The monoisotopic (exact) mass is 402 g/mol. The third-order valence-electron chi connectivity index (χ3n) is 6.33. The van der Waals surface area contributed by atoms with Gasteiger partial charge < -0.3 is 0 Å². The number of hydrogen-bond acceptors (Lipinski definition) is 2. The van der Waals surface area contributed by atoms with E-state index >= 15 is 0 Å². The van der Waals surface area contributed by atoms with E-state index in [4.69, 9.17) is 5.84 Å².